The number of hydrazine groups is 1. The molecule has 0 atom stereocenters. The van der Waals surface area contributed by atoms with E-state index in [9.17, 15) is 0 Å². The van der Waals surface area contributed by atoms with Gasteiger partial charge in [-0.3, -0.25) is 10.4 Å². The van der Waals surface area contributed by atoms with Gasteiger partial charge in [-0.25, -0.2) is 5.01 Å². The molecule has 5 heteroatoms. The molecule has 0 amide bonds. The van der Waals surface area contributed by atoms with Gasteiger partial charge in [0.25, 0.3) is 0 Å². The van der Waals surface area contributed by atoms with Crippen LogP contribution in [0.2, 0.25) is 5.02 Å². The topological polar surface area (TPSA) is 37.4 Å². The second kappa shape index (κ2) is 5.84. The van der Waals surface area contributed by atoms with Crippen LogP contribution in [-0.2, 0) is 11.3 Å². The number of halogens is 1. The summed E-state index contributed by atoms with van der Waals surface area (Å²) in [5, 5.41) is 3.94. The molecular weight excluding hydrogens is 262 g/mol. The lowest BCUT2D eigenvalue weighted by atomic mass is 10.1. The first kappa shape index (κ1) is 12.8. The van der Waals surface area contributed by atoms with E-state index >= 15 is 0 Å². The number of rotatable bonds is 3. The minimum Gasteiger partial charge on any atom is -0.379 e. The number of hydrogen-bond donors (Lipinski definition) is 1. The summed E-state index contributed by atoms with van der Waals surface area (Å²) in [7, 11) is 0. The Labute approximate surface area is 117 Å². The molecule has 0 aliphatic carbocycles. The SMILES string of the molecule is Clc1ccc(CNN2CCOCC2)c2ncccc12. The highest BCUT2D eigenvalue weighted by Gasteiger charge is 2.11. The van der Waals surface area contributed by atoms with Crippen molar-refractivity contribution in [1.82, 2.24) is 15.4 Å². The average molecular weight is 278 g/mol. The summed E-state index contributed by atoms with van der Waals surface area (Å²) >= 11 is 6.19. The largest absolute Gasteiger partial charge is 0.379 e. The van der Waals surface area contributed by atoms with Crippen LogP contribution >= 0.6 is 11.6 Å². The number of fused-ring (bicyclic) bond motifs is 1. The van der Waals surface area contributed by atoms with Crippen molar-refractivity contribution in [2.75, 3.05) is 26.3 Å². The lowest BCUT2D eigenvalue weighted by Gasteiger charge is -2.27. The normalized spacial score (nSPS) is 16.9. The molecule has 1 aromatic carbocycles. The molecule has 0 saturated carbocycles. The van der Waals surface area contributed by atoms with Crippen LogP contribution in [0.4, 0.5) is 0 Å². The van der Waals surface area contributed by atoms with Crippen molar-refractivity contribution < 1.29 is 4.74 Å². The molecule has 0 radical (unpaired) electrons. The zero-order valence-electron chi connectivity index (χ0n) is 10.6. The van der Waals surface area contributed by atoms with E-state index in [0.717, 1.165) is 54.3 Å². The van der Waals surface area contributed by atoms with Crippen molar-refractivity contribution in [3.63, 3.8) is 0 Å². The molecule has 0 unspecified atom stereocenters. The van der Waals surface area contributed by atoms with E-state index in [4.69, 9.17) is 16.3 Å². The highest BCUT2D eigenvalue weighted by molar-refractivity contribution is 6.35. The monoisotopic (exact) mass is 277 g/mol. The Morgan fingerprint density at radius 1 is 1.26 bits per heavy atom. The van der Waals surface area contributed by atoms with E-state index in [-0.39, 0.29) is 0 Å². The molecule has 2 heterocycles. The van der Waals surface area contributed by atoms with E-state index in [0.29, 0.717) is 0 Å². The maximum Gasteiger partial charge on any atom is 0.0762 e. The Kier molecular flexibility index (Phi) is 3.94. The van der Waals surface area contributed by atoms with E-state index < -0.39 is 0 Å². The summed E-state index contributed by atoms with van der Waals surface area (Å²) in [4.78, 5) is 4.44. The third kappa shape index (κ3) is 2.87. The molecule has 1 aromatic heterocycles. The quantitative estimate of drug-likeness (QED) is 0.934. The Bertz CT molecular complexity index is 570. The van der Waals surface area contributed by atoms with Gasteiger partial charge in [-0.1, -0.05) is 17.7 Å². The molecule has 1 aliphatic heterocycles. The Hall–Kier alpha value is -1.20. The number of nitrogens with zero attached hydrogens (tertiary/aromatic N) is 2. The van der Waals surface area contributed by atoms with Crippen molar-refractivity contribution in [3.05, 3.63) is 41.0 Å². The van der Waals surface area contributed by atoms with Crippen molar-refractivity contribution in [2.24, 2.45) is 0 Å². The van der Waals surface area contributed by atoms with Crippen LogP contribution in [0.25, 0.3) is 10.9 Å². The fourth-order valence-electron chi connectivity index (χ4n) is 2.26. The fourth-order valence-corrected chi connectivity index (χ4v) is 2.47. The Balaban J connectivity index is 1.79. The fraction of sp³-hybridized carbons (Fsp3) is 0.357. The van der Waals surface area contributed by atoms with Gasteiger partial charge in [-0.05, 0) is 23.8 Å². The number of benzene rings is 1. The van der Waals surface area contributed by atoms with Crippen molar-refractivity contribution in [3.8, 4) is 0 Å². The molecule has 1 saturated heterocycles. The highest BCUT2D eigenvalue weighted by atomic mass is 35.5. The minimum absolute atomic E-state index is 0.748. The summed E-state index contributed by atoms with van der Waals surface area (Å²) in [6.45, 7) is 4.15. The van der Waals surface area contributed by atoms with Gasteiger partial charge in [-0.2, -0.15) is 0 Å². The van der Waals surface area contributed by atoms with Crippen LogP contribution in [0.5, 0.6) is 0 Å². The van der Waals surface area contributed by atoms with Gasteiger partial charge < -0.3 is 4.74 Å². The predicted molar refractivity (Wildman–Crippen MR) is 76.0 cm³/mol. The third-order valence-electron chi connectivity index (χ3n) is 3.30. The number of nitrogens with one attached hydrogen (secondary N) is 1. The van der Waals surface area contributed by atoms with Crippen molar-refractivity contribution in [2.45, 2.75) is 6.54 Å². The zero-order valence-corrected chi connectivity index (χ0v) is 11.4. The average Bonchev–Trinajstić information content (AvgIpc) is 2.48. The summed E-state index contributed by atoms with van der Waals surface area (Å²) in [6.07, 6.45) is 1.80. The van der Waals surface area contributed by atoms with Crippen LogP contribution in [0.3, 0.4) is 0 Å². The smallest absolute Gasteiger partial charge is 0.0762 e. The van der Waals surface area contributed by atoms with Gasteiger partial charge in [0, 0.05) is 36.2 Å². The molecule has 1 fully saturated rings. The summed E-state index contributed by atoms with van der Waals surface area (Å²) in [6, 6.07) is 7.88. The van der Waals surface area contributed by atoms with Crippen LogP contribution in [0.1, 0.15) is 5.56 Å². The second-order valence-electron chi connectivity index (χ2n) is 4.54. The number of hydrogen-bond acceptors (Lipinski definition) is 4. The molecule has 1 aliphatic rings. The predicted octanol–water partition coefficient (Wildman–Crippen LogP) is 2.22. The van der Waals surface area contributed by atoms with Crippen molar-refractivity contribution in [1.29, 1.82) is 0 Å². The minimum atomic E-state index is 0.748. The van der Waals surface area contributed by atoms with Crippen molar-refractivity contribution >= 4 is 22.5 Å². The maximum absolute atomic E-state index is 6.19. The first-order valence-electron chi connectivity index (χ1n) is 6.43. The van der Waals surface area contributed by atoms with E-state index in [1.165, 1.54) is 0 Å². The lowest BCUT2D eigenvalue weighted by Crippen LogP contribution is -2.45. The van der Waals surface area contributed by atoms with E-state index in [1.54, 1.807) is 6.20 Å². The molecule has 19 heavy (non-hydrogen) atoms. The molecule has 4 nitrogen and oxygen atoms in total. The van der Waals surface area contributed by atoms with Crippen LogP contribution in [0.15, 0.2) is 30.5 Å². The van der Waals surface area contributed by atoms with E-state index in [2.05, 4.69) is 15.4 Å². The summed E-state index contributed by atoms with van der Waals surface area (Å²) < 4.78 is 5.33. The zero-order chi connectivity index (χ0) is 13.1. The van der Waals surface area contributed by atoms with Gasteiger partial charge in [0.15, 0.2) is 0 Å². The number of morpholine rings is 1. The Morgan fingerprint density at radius 2 is 2.11 bits per heavy atom. The number of aromatic nitrogens is 1. The van der Waals surface area contributed by atoms with Gasteiger partial charge in [0.05, 0.1) is 18.7 Å². The first-order valence-corrected chi connectivity index (χ1v) is 6.81. The molecule has 0 spiro atoms. The van der Waals surface area contributed by atoms with E-state index in [1.807, 2.05) is 24.3 Å². The summed E-state index contributed by atoms with van der Waals surface area (Å²) in [5.74, 6) is 0. The van der Waals surface area contributed by atoms with Crippen LogP contribution in [0, 0.1) is 0 Å². The molecule has 3 rings (SSSR count). The van der Waals surface area contributed by atoms with Gasteiger partial charge in [-0.15, -0.1) is 0 Å². The summed E-state index contributed by atoms with van der Waals surface area (Å²) in [5.41, 5.74) is 5.55. The standard InChI is InChI=1S/C14H16ClN3O/c15-13-4-3-11(14-12(13)2-1-5-16-14)10-17-18-6-8-19-9-7-18/h1-5,17H,6-10H2. The third-order valence-corrected chi connectivity index (χ3v) is 3.63. The second-order valence-corrected chi connectivity index (χ2v) is 4.95. The molecular formula is C14H16ClN3O. The molecule has 2 aromatic rings. The molecule has 1 N–H and O–H groups in total. The maximum atomic E-state index is 6.19. The molecule has 100 valence electrons. The van der Waals surface area contributed by atoms with Crippen LogP contribution in [-0.4, -0.2) is 36.3 Å². The highest BCUT2D eigenvalue weighted by Crippen LogP contribution is 2.24. The lowest BCUT2D eigenvalue weighted by molar-refractivity contribution is 0.0106. The Morgan fingerprint density at radius 3 is 2.95 bits per heavy atom. The number of ether oxygens (including phenoxy) is 1. The first-order chi connectivity index (χ1) is 9.34. The van der Waals surface area contributed by atoms with Gasteiger partial charge >= 0.3 is 0 Å². The van der Waals surface area contributed by atoms with Crippen LogP contribution < -0.4 is 5.43 Å². The van der Waals surface area contributed by atoms with Gasteiger partial charge in [0.2, 0.25) is 0 Å². The number of pyridine rings is 1. The van der Waals surface area contributed by atoms with Gasteiger partial charge in [0.1, 0.15) is 0 Å². The molecule has 0 bridgehead atoms.